The number of fused-ring (bicyclic) bond motifs is 1. The van der Waals surface area contributed by atoms with E-state index in [1.807, 2.05) is 36.0 Å². The Morgan fingerprint density at radius 1 is 1.16 bits per heavy atom. The van der Waals surface area contributed by atoms with Gasteiger partial charge in [-0.15, -0.1) is 10.2 Å². The molecular weight excluding hydrogens is 420 g/mol. The molecule has 4 aromatic rings. The molecular formula is C22H21F2N5O3. The number of rotatable bonds is 6. The first kappa shape index (κ1) is 21.3. The molecule has 2 heterocycles. The molecule has 4 rings (SSSR count). The van der Waals surface area contributed by atoms with Crippen LogP contribution in [-0.2, 0) is 7.05 Å². The quantitative estimate of drug-likeness (QED) is 0.471. The number of aromatic nitrogens is 4. The Kier molecular flexibility index (Phi) is 5.29. The van der Waals surface area contributed by atoms with Crippen molar-refractivity contribution in [3.05, 3.63) is 54.0 Å². The Hall–Kier alpha value is -3.95. The van der Waals surface area contributed by atoms with Gasteiger partial charge in [-0.25, -0.2) is 0 Å². The van der Waals surface area contributed by atoms with Crippen LogP contribution in [0.5, 0.6) is 11.5 Å². The summed E-state index contributed by atoms with van der Waals surface area (Å²) < 4.78 is 33.6. The van der Waals surface area contributed by atoms with Crippen molar-refractivity contribution in [3.63, 3.8) is 0 Å². The highest BCUT2D eigenvalue weighted by atomic mass is 19.3. The molecule has 0 unspecified atom stereocenters. The summed E-state index contributed by atoms with van der Waals surface area (Å²) in [5.41, 5.74) is 7.68. The van der Waals surface area contributed by atoms with Gasteiger partial charge in [0.2, 0.25) is 5.82 Å². The third kappa shape index (κ3) is 3.64. The lowest BCUT2D eigenvalue weighted by Crippen LogP contribution is -2.18. The number of hydrogen-bond donors (Lipinski definition) is 2. The van der Waals surface area contributed by atoms with Crippen LogP contribution in [0.25, 0.3) is 28.0 Å². The number of nitrogens with zero attached hydrogens (tertiary/aromatic N) is 4. The first-order valence-corrected chi connectivity index (χ1v) is 9.80. The van der Waals surface area contributed by atoms with Gasteiger partial charge < -0.3 is 20.1 Å². The van der Waals surface area contributed by atoms with Crippen LogP contribution in [0.15, 0.2) is 42.6 Å². The summed E-state index contributed by atoms with van der Waals surface area (Å²) in [5, 5.41) is 19.5. The van der Waals surface area contributed by atoms with Gasteiger partial charge in [-0.2, -0.15) is 8.78 Å². The van der Waals surface area contributed by atoms with Gasteiger partial charge in [0.15, 0.2) is 5.82 Å². The van der Waals surface area contributed by atoms with Gasteiger partial charge in [0.25, 0.3) is 5.91 Å². The van der Waals surface area contributed by atoms with Gasteiger partial charge >= 0.3 is 6.61 Å². The number of alkyl halides is 2. The van der Waals surface area contributed by atoms with Crippen molar-refractivity contribution in [2.75, 3.05) is 0 Å². The highest BCUT2D eigenvalue weighted by molar-refractivity contribution is 5.91. The van der Waals surface area contributed by atoms with Crippen molar-refractivity contribution in [1.29, 1.82) is 0 Å². The second-order valence-corrected chi connectivity index (χ2v) is 7.66. The molecule has 3 N–H and O–H groups in total. The number of nitrogens with two attached hydrogens (primary N) is 1. The minimum atomic E-state index is -3.04. The molecule has 0 aliphatic rings. The van der Waals surface area contributed by atoms with E-state index in [1.165, 1.54) is 10.6 Å². The van der Waals surface area contributed by atoms with E-state index in [4.69, 9.17) is 5.73 Å². The van der Waals surface area contributed by atoms with E-state index < -0.39 is 12.5 Å². The topological polar surface area (TPSA) is 108 Å². The van der Waals surface area contributed by atoms with E-state index in [0.29, 0.717) is 11.3 Å². The normalized spacial score (nSPS) is 11.6. The Morgan fingerprint density at radius 2 is 1.91 bits per heavy atom. The SMILES string of the molecule is CC(C)c1cc(-c2nnc(C(N)=O)n2-c2ccc3c(ccn3C)c2)c(O)cc1OC(F)F. The lowest BCUT2D eigenvalue weighted by atomic mass is 9.98. The number of hydrogen-bond acceptors (Lipinski definition) is 5. The molecule has 0 spiro atoms. The lowest BCUT2D eigenvalue weighted by Gasteiger charge is -2.17. The van der Waals surface area contributed by atoms with E-state index >= 15 is 0 Å². The van der Waals surface area contributed by atoms with Crippen LogP contribution in [0.3, 0.4) is 0 Å². The fraction of sp³-hybridized carbons (Fsp3) is 0.227. The molecule has 0 saturated carbocycles. The predicted octanol–water partition coefficient (Wildman–Crippen LogP) is 3.96. The zero-order valence-electron chi connectivity index (χ0n) is 17.6. The Balaban J connectivity index is 1.95. The van der Waals surface area contributed by atoms with E-state index in [9.17, 15) is 18.7 Å². The van der Waals surface area contributed by atoms with Crippen molar-refractivity contribution < 1.29 is 23.4 Å². The number of carbonyl (C=O) groups excluding carboxylic acids is 1. The van der Waals surface area contributed by atoms with Gasteiger partial charge in [-0.1, -0.05) is 13.8 Å². The summed E-state index contributed by atoms with van der Waals surface area (Å²) in [7, 11) is 1.91. The first-order chi connectivity index (χ1) is 15.2. The Bertz CT molecular complexity index is 1330. The van der Waals surface area contributed by atoms with Crippen molar-refractivity contribution in [2.24, 2.45) is 12.8 Å². The van der Waals surface area contributed by atoms with Gasteiger partial charge in [0.05, 0.1) is 11.3 Å². The van der Waals surface area contributed by atoms with E-state index in [1.54, 1.807) is 19.9 Å². The third-order valence-electron chi connectivity index (χ3n) is 5.22. The van der Waals surface area contributed by atoms with Crippen LogP contribution in [0.4, 0.5) is 8.78 Å². The average molecular weight is 441 g/mol. The zero-order chi connectivity index (χ0) is 23.2. The van der Waals surface area contributed by atoms with Gasteiger partial charge in [0, 0.05) is 30.2 Å². The highest BCUT2D eigenvalue weighted by Gasteiger charge is 2.24. The standard InChI is InChI=1S/C22H21F2N5O3/c1-11(2)14-9-15(17(30)10-18(14)32-22(23)24)20-26-27-21(19(25)31)29(20)13-4-5-16-12(8-13)6-7-28(16)3/h4-11,22,30H,1-3H3,(H2,25,31). The molecule has 0 saturated heterocycles. The number of ether oxygens (including phenoxy) is 1. The molecule has 2 aromatic heterocycles. The number of amides is 1. The van der Waals surface area contributed by atoms with Crippen LogP contribution in [0.2, 0.25) is 0 Å². The Morgan fingerprint density at radius 3 is 2.56 bits per heavy atom. The van der Waals surface area contributed by atoms with E-state index in [0.717, 1.165) is 17.0 Å². The molecule has 8 nitrogen and oxygen atoms in total. The Labute approximate surface area is 181 Å². The number of aromatic hydroxyl groups is 1. The summed E-state index contributed by atoms with van der Waals surface area (Å²) in [6.07, 6.45) is 1.90. The second-order valence-electron chi connectivity index (χ2n) is 7.66. The number of benzene rings is 2. The van der Waals surface area contributed by atoms with E-state index in [2.05, 4.69) is 14.9 Å². The number of phenolic OH excluding ortho intramolecular Hbond substituents is 1. The number of halogens is 2. The zero-order valence-corrected chi connectivity index (χ0v) is 17.6. The highest BCUT2D eigenvalue weighted by Crippen LogP contribution is 2.39. The largest absolute Gasteiger partial charge is 0.507 e. The van der Waals surface area contributed by atoms with E-state index in [-0.39, 0.29) is 34.6 Å². The van der Waals surface area contributed by atoms with Gasteiger partial charge in [-0.05, 0) is 41.8 Å². The number of carbonyl (C=O) groups is 1. The second kappa shape index (κ2) is 7.95. The van der Waals surface area contributed by atoms with Crippen molar-refractivity contribution in [1.82, 2.24) is 19.3 Å². The summed E-state index contributed by atoms with van der Waals surface area (Å²) in [6.45, 7) is 0.565. The molecule has 0 radical (unpaired) electrons. The molecule has 166 valence electrons. The fourth-order valence-corrected chi connectivity index (χ4v) is 3.69. The minimum absolute atomic E-state index is 0.131. The maximum Gasteiger partial charge on any atom is 0.387 e. The van der Waals surface area contributed by atoms with Crippen LogP contribution in [0, 0.1) is 0 Å². The maximum atomic E-state index is 12.8. The minimum Gasteiger partial charge on any atom is -0.507 e. The van der Waals surface area contributed by atoms with Crippen molar-refractivity contribution >= 4 is 16.8 Å². The molecule has 32 heavy (non-hydrogen) atoms. The van der Waals surface area contributed by atoms with Crippen LogP contribution in [-0.4, -0.2) is 37.0 Å². The number of aryl methyl sites for hydroxylation is 1. The summed E-state index contributed by atoms with van der Waals surface area (Å²) in [4.78, 5) is 12.1. The molecule has 0 bridgehead atoms. The predicted molar refractivity (Wildman–Crippen MR) is 114 cm³/mol. The van der Waals surface area contributed by atoms with Crippen molar-refractivity contribution in [3.8, 4) is 28.6 Å². The lowest BCUT2D eigenvalue weighted by molar-refractivity contribution is -0.0506. The molecule has 0 aliphatic carbocycles. The van der Waals surface area contributed by atoms with Crippen LogP contribution in [0.1, 0.15) is 35.9 Å². The molecule has 1 amide bonds. The van der Waals surface area contributed by atoms with Gasteiger partial charge in [0.1, 0.15) is 11.5 Å². The smallest absolute Gasteiger partial charge is 0.387 e. The molecule has 0 aliphatic heterocycles. The molecule has 0 atom stereocenters. The fourth-order valence-electron chi connectivity index (χ4n) is 3.69. The molecule has 0 fully saturated rings. The molecule has 2 aromatic carbocycles. The summed E-state index contributed by atoms with van der Waals surface area (Å²) in [5.74, 6) is -1.49. The first-order valence-electron chi connectivity index (χ1n) is 9.80. The molecule has 10 heteroatoms. The monoisotopic (exact) mass is 441 g/mol. The van der Waals surface area contributed by atoms with Crippen LogP contribution >= 0.6 is 0 Å². The van der Waals surface area contributed by atoms with Crippen LogP contribution < -0.4 is 10.5 Å². The van der Waals surface area contributed by atoms with Gasteiger partial charge in [-0.3, -0.25) is 9.36 Å². The summed E-state index contributed by atoms with van der Waals surface area (Å²) >= 11 is 0. The third-order valence-corrected chi connectivity index (χ3v) is 5.22. The number of phenols is 1. The number of primary amides is 1. The summed E-state index contributed by atoms with van der Waals surface area (Å²) in [6, 6.07) is 10.0. The maximum absolute atomic E-state index is 12.8. The van der Waals surface area contributed by atoms with Crippen molar-refractivity contribution in [2.45, 2.75) is 26.4 Å². The average Bonchev–Trinajstić information content (AvgIpc) is 3.31.